The van der Waals surface area contributed by atoms with Gasteiger partial charge in [-0.05, 0) is 125 Å². The Morgan fingerprint density at radius 3 is 1.51 bits per heavy atom. The number of hydrogen-bond acceptors (Lipinski definition) is 17. The van der Waals surface area contributed by atoms with Crippen LogP contribution >= 0.6 is 0 Å². The first kappa shape index (κ1) is 70.4. The van der Waals surface area contributed by atoms with E-state index in [9.17, 15) is 0 Å². The number of nitrogens with zero attached hydrogens (tertiary/aromatic N) is 7. The zero-order valence-electron chi connectivity index (χ0n) is 48.9. The van der Waals surface area contributed by atoms with Crippen LogP contribution in [-0.2, 0) is 37.9 Å². The Morgan fingerprint density at radius 1 is 0.583 bits per heavy atom. The molecule has 0 spiro atoms. The molecule has 7 rings (SSSR count). The fraction of sp³-hybridized carbons (Fsp3) is 0.891. The fourth-order valence-electron chi connectivity index (χ4n) is 7.99. The van der Waals surface area contributed by atoms with Gasteiger partial charge in [0.25, 0.3) is 0 Å². The topological polar surface area (TPSA) is 121 Å². The predicted octanol–water partition coefficient (Wildman–Crippen LogP) is 4.53. The number of piperidine rings is 2. The third kappa shape index (κ3) is 44.7. The van der Waals surface area contributed by atoms with E-state index in [0.717, 1.165) is 157 Å². The van der Waals surface area contributed by atoms with Gasteiger partial charge in [0, 0.05) is 153 Å². The molecule has 72 heavy (non-hydrogen) atoms. The number of likely N-dealkylation sites (tertiary alicyclic amines) is 2. The Morgan fingerprint density at radius 2 is 1.08 bits per heavy atom. The van der Waals surface area contributed by atoms with Crippen molar-refractivity contribution in [3.05, 3.63) is 29.8 Å². The molecule has 6 aliphatic rings. The lowest BCUT2D eigenvalue weighted by atomic mass is 10.00. The summed E-state index contributed by atoms with van der Waals surface area (Å²) in [6.45, 7) is 35.5. The van der Waals surface area contributed by atoms with Gasteiger partial charge in [-0.25, -0.2) is 0 Å². The van der Waals surface area contributed by atoms with Crippen molar-refractivity contribution in [3.8, 4) is 0 Å². The lowest BCUT2D eigenvalue weighted by Crippen LogP contribution is -2.43. The first-order chi connectivity index (χ1) is 34.9. The first-order valence-electron chi connectivity index (χ1n) is 27.5. The zero-order valence-corrected chi connectivity index (χ0v) is 48.9. The van der Waals surface area contributed by atoms with Crippen molar-refractivity contribution in [3.63, 3.8) is 0 Å². The molecule has 0 saturated carbocycles. The molecule has 0 radical (unpaired) electrons. The minimum Gasteiger partial charge on any atom is -0.385 e. The van der Waals surface area contributed by atoms with E-state index in [1.54, 1.807) is 42.7 Å². The highest BCUT2D eigenvalue weighted by atomic mass is 16.5. The number of ether oxygens (including phenoxy) is 8. The van der Waals surface area contributed by atoms with Crippen molar-refractivity contribution in [1.29, 1.82) is 0 Å². The molecule has 0 aliphatic carbocycles. The highest BCUT2D eigenvalue weighted by molar-refractivity contribution is 5.47. The van der Waals surface area contributed by atoms with Crippen molar-refractivity contribution in [2.24, 2.45) is 5.92 Å². The number of nitrogens with one attached hydrogen (secondary N) is 2. The molecular formula is C55H115N9O8. The first-order valence-corrected chi connectivity index (χ1v) is 27.5. The zero-order chi connectivity index (χ0) is 53.3. The molecule has 0 bridgehead atoms. The van der Waals surface area contributed by atoms with Gasteiger partial charge < -0.3 is 73.0 Å². The minimum absolute atomic E-state index is 0.384. The summed E-state index contributed by atoms with van der Waals surface area (Å²) in [5.74, 6) is 0.781. The molecule has 0 amide bonds. The number of likely N-dealkylation sites (N-methyl/N-ethyl adjacent to an activating group) is 1. The Bertz CT molecular complexity index is 1190. The third-order valence-corrected chi connectivity index (χ3v) is 12.6. The van der Waals surface area contributed by atoms with E-state index in [1.165, 1.54) is 82.6 Å². The molecule has 0 aromatic heterocycles. The number of aryl methyl sites for hydroxylation is 1. The average molecular weight is 1030 g/mol. The molecule has 6 saturated heterocycles. The molecule has 1 aromatic carbocycles. The minimum atomic E-state index is 0.384. The number of benzene rings is 1. The van der Waals surface area contributed by atoms with Crippen LogP contribution in [0.25, 0.3) is 0 Å². The Kier molecular flexibility index (Phi) is 50.3. The molecule has 6 aliphatic heterocycles. The molecule has 17 nitrogen and oxygen atoms in total. The van der Waals surface area contributed by atoms with Crippen molar-refractivity contribution < 1.29 is 37.9 Å². The summed E-state index contributed by atoms with van der Waals surface area (Å²) in [5.41, 5.74) is 2.69. The molecule has 2 N–H and O–H groups in total. The highest BCUT2D eigenvalue weighted by Crippen LogP contribution is 2.16. The van der Waals surface area contributed by atoms with Crippen LogP contribution in [0.2, 0.25) is 0 Å². The molecule has 6 heterocycles. The van der Waals surface area contributed by atoms with Crippen LogP contribution in [0.3, 0.4) is 0 Å². The molecule has 1 unspecified atom stereocenters. The number of anilines is 1. The maximum Gasteiger partial charge on any atom is 0.0987 e. The van der Waals surface area contributed by atoms with E-state index < -0.39 is 0 Å². The number of piperazine rings is 2. The molecule has 1 aromatic rings. The monoisotopic (exact) mass is 1030 g/mol. The quantitative estimate of drug-likeness (QED) is 0.226. The summed E-state index contributed by atoms with van der Waals surface area (Å²) < 4.78 is 40.0. The van der Waals surface area contributed by atoms with Gasteiger partial charge in [-0.15, -0.1) is 0 Å². The number of morpholine rings is 2. The van der Waals surface area contributed by atoms with Crippen LogP contribution in [0.5, 0.6) is 0 Å². The van der Waals surface area contributed by atoms with E-state index in [4.69, 9.17) is 37.9 Å². The maximum absolute atomic E-state index is 5.20. The van der Waals surface area contributed by atoms with Gasteiger partial charge in [0.2, 0.25) is 0 Å². The number of methoxy groups -OCH3 is 6. The lowest BCUT2D eigenvalue weighted by molar-refractivity contribution is -0.0178. The van der Waals surface area contributed by atoms with E-state index in [-0.39, 0.29) is 0 Å². The second-order valence-electron chi connectivity index (χ2n) is 19.8. The van der Waals surface area contributed by atoms with E-state index in [2.05, 4.69) is 104 Å². The van der Waals surface area contributed by atoms with Crippen LogP contribution in [0.1, 0.15) is 57.9 Å². The van der Waals surface area contributed by atoms with Crippen LogP contribution < -0.4 is 15.5 Å². The van der Waals surface area contributed by atoms with E-state index in [0.29, 0.717) is 6.10 Å². The summed E-state index contributed by atoms with van der Waals surface area (Å²) in [7, 11) is 18.9. The largest absolute Gasteiger partial charge is 0.385 e. The number of rotatable bonds is 16. The van der Waals surface area contributed by atoms with E-state index in [1.807, 2.05) is 13.8 Å². The second-order valence-corrected chi connectivity index (χ2v) is 19.8. The third-order valence-electron chi connectivity index (χ3n) is 12.6. The van der Waals surface area contributed by atoms with Crippen molar-refractivity contribution in [2.75, 3.05) is 260 Å². The maximum atomic E-state index is 5.20. The van der Waals surface area contributed by atoms with Crippen LogP contribution in [0.15, 0.2) is 24.3 Å². The smallest absolute Gasteiger partial charge is 0.0987 e. The van der Waals surface area contributed by atoms with Crippen molar-refractivity contribution in [2.45, 2.75) is 65.4 Å². The molecule has 1 atom stereocenters. The van der Waals surface area contributed by atoms with E-state index >= 15 is 0 Å². The second kappa shape index (κ2) is 51.5. The molecule has 17 heteroatoms. The number of hydrogen-bond donors (Lipinski definition) is 2. The fourth-order valence-corrected chi connectivity index (χ4v) is 7.99. The van der Waals surface area contributed by atoms with Gasteiger partial charge in [-0.1, -0.05) is 24.1 Å². The molecule has 6 fully saturated rings. The summed E-state index contributed by atoms with van der Waals surface area (Å²) in [6.07, 6.45) is 8.37. The van der Waals surface area contributed by atoms with Gasteiger partial charge in [-0.2, -0.15) is 0 Å². The van der Waals surface area contributed by atoms with Gasteiger partial charge in [0.1, 0.15) is 0 Å². The molecule has 428 valence electrons. The van der Waals surface area contributed by atoms with Crippen LogP contribution in [0.4, 0.5) is 5.69 Å². The SMILES string of the molecule is CN1CCNCC1.COC(C)C.COCC1CCCN(C)C1.COCCCN(C)C.COCCN1CCCCC1.COCCN1CCOCC1.COCN1CCOCC1.Cc1ccc(N2CCNCC2)cc1. The molecular weight excluding hydrogens is 915 g/mol. The van der Waals surface area contributed by atoms with Crippen LogP contribution in [0, 0.1) is 12.8 Å². The lowest BCUT2D eigenvalue weighted by Gasteiger charge is -2.29. The van der Waals surface area contributed by atoms with Gasteiger partial charge in [0.05, 0.1) is 59.1 Å². The predicted molar refractivity (Wildman–Crippen MR) is 301 cm³/mol. The van der Waals surface area contributed by atoms with Gasteiger partial charge in [-0.3, -0.25) is 9.80 Å². The van der Waals surface area contributed by atoms with Gasteiger partial charge >= 0.3 is 0 Å². The Balaban J connectivity index is 0.000000810. The summed E-state index contributed by atoms with van der Waals surface area (Å²) in [6, 6.07) is 8.77. The van der Waals surface area contributed by atoms with Crippen molar-refractivity contribution in [1.82, 2.24) is 40.0 Å². The summed E-state index contributed by atoms with van der Waals surface area (Å²) >= 11 is 0. The van der Waals surface area contributed by atoms with Crippen LogP contribution in [-0.4, -0.2) is 290 Å². The highest BCUT2D eigenvalue weighted by Gasteiger charge is 2.16. The normalized spacial score (nSPS) is 20.2. The average Bonchev–Trinajstić information content (AvgIpc) is 3.40. The standard InChI is InChI=1S/C11H16N2.2C8H17NO.C7H15NO2.C6H13NO2.C6H15NO.C5H12N2.C4H10O/c1-10-2-4-11(5-3-10)13-8-6-12-7-9-13;1-9-5-3-4-8(6-9)7-10-2;1-10-8-7-9-5-3-2-4-6-9;1-9-5-2-8-3-6-10-7-4-8;1-8-6-7-2-4-9-5-3-7;1-7(2)5-4-6-8-3;1-7-4-2-6-3-5-7;1-4(2)5-3/h2-5,12H,6-9H2,1H3;8H,3-7H2,1-2H3;2-8H2,1H3;2-7H2,1H3;2-6H2,1H3;4-6H2,1-3H3;6H,2-5H2,1H3;4H,1-3H3. The van der Waals surface area contributed by atoms with Gasteiger partial charge in [0.15, 0.2) is 0 Å². The Labute approximate surface area is 443 Å². The Hall–Kier alpha value is -1.62. The summed E-state index contributed by atoms with van der Waals surface area (Å²) in [5, 5.41) is 6.63. The summed E-state index contributed by atoms with van der Waals surface area (Å²) in [4.78, 5) is 16.3. The van der Waals surface area contributed by atoms with Crippen molar-refractivity contribution >= 4 is 5.69 Å².